The van der Waals surface area contributed by atoms with Crippen molar-refractivity contribution in [2.24, 2.45) is 5.92 Å². The first kappa shape index (κ1) is 20.0. The number of piperidine rings is 1. The molecule has 27 heavy (non-hydrogen) atoms. The Morgan fingerprint density at radius 3 is 2.59 bits per heavy atom. The van der Waals surface area contributed by atoms with Gasteiger partial charge in [-0.05, 0) is 36.4 Å². The molecule has 1 aliphatic heterocycles. The summed E-state index contributed by atoms with van der Waals surface area (Å²) >= 11 is 3.44. The number of hydrogen-bond acceptors (Lipinski definition) is 4. The molecule has 6 heteroatoms. The highest BCUT2D eigenvalue weighted by atomic mass is 32.2. The molecular weight excluding hydrogens is 376 g/mol. The average Bonchev–Trinajstić information content (AvgIpc) is 3.20. The fraction of sp³-hybridized carbons (Fsp3) is 0.429. The van der Waals surface area contributed by atoms with Gasteiger partial charge in [-0.2, -0.15) is 0 Å². The molecule has 1 fully saturated rings. The number of carbonyl (C=O) groups excluding carboxylic acids is 2. The van der Waals surface area contributed by atoms with Crippen molar-refractivity contribution in [1.82, 2.24) is 10.2 Å². The Labute approximate surface area is 169 Å². The molecule has 4 nitrogen and oxygen atoms in total. The summed E-state index contributed by atoms with van der Waals surface area (Å²) in [7, 11) is 0. The van der Waals surface area contributed by atoms with E-state index in [2.05, 4.69) is 22.8 Å². The molecule has 1 saturated heterocycles. The second-order valence-corrected chi connectivity index (χ2v) is 9.14. The van der Waals surface area contributed by atoms with Crippen molar-refractivity contribution in [1.29, 1.82) is 0 Å². The van der Waals surface area contributed by atoms with E-state index in [9.17, 15) is 9.59 Å². The van der Waals surface area contributed by atoms with Crippen molar-refractivity contribution in [2.75, 3.05) is 13.1 Å². The molecule has 2 amide bonds. The maximum atomic E-state index is 12.8. The van der Waals surface area contributed by atoms with Gasteiger partial charge in [0, 0.05) is 40.6 Å². The van der Waals surface area contributed by atoms with Gasteiger partial charge in [0.25, 0.3) is 5.91 Å². The number of amides is 2. The summed E-state index contributed by atoms with van der Waals surface area (Å²) in [4.78, 5) is 29.1. The van der Waals surface area contributed by atoms with Gasteiger partial charge in [0.1, 0.15) is 0 Å². The molecule has 0 radical (unpaired) electrons. The highest BCUT2D eigenvalue weighted by molar-refractivity contribution is 7.98. The van der Waals surface area contributed by atoms with Crippen LogP contribution in [-0.2, 0) is 10.5 Å². The zero-order valence-corrected chi connectivity index (χ0v) is 17.4. The third-order valence-corrected chi connectivity index (χ3v) is 6.90. The van der Waals surface area contributed by atoms with Gasteiger partial charge < -0.3 is 10.2 Å². The molecule has 0 aliphatic carbocycles. The number of hydrogen-bond donors (Lipinski definition) is 1. The lowest BCUT2D eigenvalue weighted by Gasteiger charge is -2.33. The van der Waals surface area contributed by atoms with Gasteiger partial charge in [0.05, 0.1) is 5.56 Å². The quantitative estimate of drug-likeness (QED) is 0.728. The van der Waals surface area contributed by atoms with E-state index < -0.39 is 0 Å². The number of rotatable bonds is 6. The zero-order valence-electron chi connectivity index (χ0n) is 15.8. The Bertz CT molecular complexity index is 766. The minimum Gasteiger partial charge on any atom is -0.349 e. The highest BCUT2D eigenvalue weighted by Crippen LogP contribution is 2.28. The van der Waals surface area contributed by atoms with Gasteiger partial charge in [0.2, 0.25) is 5.91 Å². The third-order valence-electron chi connectivity index (χ3n) is 4.72. The molecule has 1 aliphatic rings. The molecule has 144 valence electrons. The van der Waals surface area contributed by atoms with Crippen LogP contribution in [0.25, 0.3) is 0 Å². The van der Waals surface area contributed by atoms with Gasteiger partial charge in [-0.15, -0.1) is 23.1 Å². The lowest BCUT2D eigenvalue weighted by Crippen LogP contribution is -2.47. The lowest BCUT2D eigenvalue weighted by atomic mass is 10.0. The summed E-state index contributed by atoms with van der Waals surface area (Å²) in [6.45, 7) is 5.30. The first-order valence-corrected chi connectivity index (χ1v) is 11.2. The Hall–Kier alpha value is -1.79. The van der Waals surface area contributed by atoms with Gasteiger partial charge in [0.15, 0.2) is 0 Å². The SMILES string of the molecule is CC(C)C(=O)N1CCC(NC(=O)c2ccccc2SCc2cccs2)CC1. The van der Waals surface area contributed by atoms with Crippen LogP contribution < -0.4 is 5.32 Å². The van der Waals surface area contributed by atoms with Crippen LogP contribution in [0.2, 0.25) is 0 Å². The van der Waals surface area contributed by atoms with Crippen LogP contribution in [0.1, 0.15) is 41.9 Å². The number of carbonyl (C=O) groups is 2. The van der Waals surface area contributed by atoms with E-state index in [1.807, 2.05) is 43.0 Å². The van der Waals surface area contributed by atoms with Crippen LogP contribution in [0, 0.1) is 5.92 Å². The average molecular weight is 403 g/mol. The van der Waals surface area contributed by atoms with E-state index in [1.165, 1.54) is 4.88 Å². The van der Waals surface area contributed by atoms with Crippen molar-refractivity contribution in [3.05, 3.63) is 52.2 Å². The smallest absolute Gasteiger partial charge is 0.252 e. The number of thioether (sulfide) groups is 1. The second-order valence-electron chi connectivity index (χ2n) is 7.09. The normalized spacial score (nSPS) is 15.1. The molecule has 0 spiro atoms. The van der Waals surface area contributed by atoms with Crippen LogP contribution in [-0.4, -0.2) is 35.8 Å². The van der Waals surface area contributed by atoms with Crippen molar-refractivity contribution in [2.45, 2.75) is 43.4 Å². The number of thiophene rings is 1. The number of nitrogens with zero attached hydrogens (tertiary/aromatic N) is 1. The predicted molar refractivity (Wildman–Crippen MR) is 112 cm³/mol. The summed E-state index contributed by atoms with van der Waals surface area (Å²) in [5.41, 5.74) is 0.736. The molecule has 1 aromatic heterocycles. The lowest BCUT2D eigenvalue weighted by molar-refractivity contribution is -0.135. The monoisotopic (exact) mass is 402 g/mol. The van der Waals surface area contributed by atoms with Crippen LogP contribution in [0.5, 0.6) is 0 Å². The van der Waals surface area contributed by atoms with E-state index in [0.29, 0.717) is 0 Å². The molecule has 1 aromatic carbocycles. The number of nitrogens with one attached hydrogen (secondary N) is 1. The summed E-state index contributed by atoms with van der Waals surface area (Å²) in [5, 5.41) is 5.24. The fourth-order valence-electron chi connectivity index (χ4n) is 3.20. The van der Waals surface area contributed by atoms with Gasteiger partial charge >= 0.3 is 0 Å². The van der Waals surface area contributed by atoms with E-state index in [4.69, 9.17) is 0 Å². The first-order chi connectivity index (χ1) is 13.0. The first-order valence-electron chi connectivity index (χ1n) is 9.38. The van der Waals surface area contributed by atoms with Gasteiger partial charge in [-0.1, -0.05) is 32.0 Å². The van der Waals surface area contributed by atoms with E-state index >= 15 is 0 Å². The minimum absolute atomic E-state index is 0.0158. The Balaban J connectivity index is 1.56. The summed E-state index contributed by atoms with van der Waals surface area (Å²) in [6.07, 6.45) is 1.63. The minimum atomic E-state index is -0.0158. The summed E-state index contributed by atoms with van der Waals surface area (Å²) in [5.74, 6) is 1.09. The van der Waals surface area contributed by atoms with Crippen LogP contribution in [0.4, 0.5) is 0 Å². The molecule has 1 N–H and O–H groups in total. The predicted octanol–water partition coefficient (Wildman–Crippen LogP) is 4.42. The van der Waals surface area contributed by atoms with Crippen molar-refractivity contribution < 1.29 is 9.59 Å². The Kier molecular flexibility index (Phi) is 6.96. The molecule has 0 atom stereocenters. The van der Waals surface area contributed by atoms with Crippen LogP contribution in [0.3, 0.4) is 0 Å². The van der Waals surface area contributed by atoms with Crippen LogP contribution in [0.15, 0.2) is 46.7 Å². The molecule has 2 aromatic rings. The standard InChI is InChI=1S/C21H26N2O2S2/c1-15(2)21(25)23-11-9-16(10-12-23)22-20(24)18-7-3-4-8-19(18)27-14-17-6-5-13-26-17/h3-8,13,15-16H,9-12,14H2,1-2H3,(H,22,24). The number of benzene rings is 1. The Morgan fingerprint density at radius 1 is 1.19 bits per heavy atom. The molecule has 3 rings (SSSR count). The van der Waals surface area contributed by atoms with Gasteiger partial charge in [-0.3, -0.25) is 9.59 Å². The number of likely N-dealkylation sites (tertiary alicyclic amines) is 1. The molecule has 0 bridgehead atoms. The fourth-order valence-corrected chi connectivity index (χ4v) is 5.02. The van der Waals surface area contributed by atoms with Crippen LogP contribution >= 0.6 is 23.1 Å². The van der Waals surface area contributed by atoms with Crippen molar-refractivity contribution in [3.63, 3.8) is 0 Å². The maximum absolute atomic E-state index is 12.8. The molecule has 2 heterocycles. The van der Waals surface area contributed by atoms with Gasteiger partial charge in [-0.25, -0.2) is 0 Å². The largest absolute Gasteiger partial charge is 0.349 e. The third kappa shape index (κ3) is 5.36. The maximum Gasteiger partial charge on any atom is 0.252 e. The highest BCUT2D eigenvalue weighted by Gasteiger charge is 2.25. The van der Waals surface area contributed by atoms with E-state index in [-0.39, 0.29) is 23.8 Å². The Morgan fingerprint density at radius 2 is 1.93 bits per heavy atom. The summed E-state index contributed by atoms with van der Waals surface area (Å²) in [6, 6.07) is 12.1. The molecular formula is C21H26N2O2S2. The van der Waals surface area contributed by atoms with E-state index in [0.717, 1.165) is 42.1 Å². The van der Waals surface area contributed by atoms with Crippen molar-refractivity contribution >= 4 is 34.9 Å². The second kappa shape index (κ2) is 9.42. The topological polar surface area (TPSA) is 49.4 Å². The summed E-state index contributed by atoms with van der Waals surface area (Å²) < 4.78 is 0. The molecule has 0 saturated carbocycles. The van der Waals surface area contributed by atoms with E-state index in [1.54, 1.807) is 23.1 Å². The molecule has 0 unspecified atom stereocenters. The zero-order chi connectivity index (χ0) is 19.2. The van der Waals surface area contributed by atoms with Crippen molar-refractivity contribution in [3.8, 4) is 0 Å².